The van der Waals surface area contributed by atoms with Gasteiger partial charge in [0.15, 0.2) is 5.84 Å². The maximum absolute atomic E-state index is 5.32. The quantitative estimate of drug-likeness (QED) is 0.177. The Morgan fingerprint density at radius 3 is 1.98 bits per heavy atom. The van der Waals surface area contributed by atoms with E-state index < -0.39 is 0 Å². The van der Waals surface area contributed by atoms with Gasteiger partial charge in [-0.05, 0) is 84.6 Å². The molecule has 0 saturated heterocycles. The number of amidine groups is 2. The average molecular weight is 759 g/mol. The smallest absolute Gasteiger partial charge is 0.159 e. The molecular weight excluding hydrogens is 717 g/mol. The molecule has 0 radical (unpaired) electrons. The molecular formula is C55H42N4. The van der Waals surface area contributed by atoms with Crippen molar-refractivity contribution < 1.29 is 0 Å². The molecule has 4 nitrogen and oxygen atoms in total. The van der Waals surface area contributed by atoms with Crippen LogP contribution in [0.4, 0.5) is 0 Å². The predicted octanol–water partition coefficient (Wildman–Crippen LogP) is 10.2. The van der Waals surface area contributed by atoms with Gasteiger partial charge in [-0.15, -0.1) is 0 Å². The monoisotopic (exact) mass is 758 g/mol. The molecule has 0 aromatic heterocycles. The Kier molecular flexibility index (Phi) is 8.26. The van der Waals surface area contributed by atoms with Crippen molar-refractivity contribution >= 4 is 22.9 Å². The van der Waals surface area contributed by atoms with E-state index in [1.165, 1.54) is 43.8 Å². The lowest BCUT2D eigenvalue weighted by molar-refractivity contribution is 0.660. The lowest BCUT2D eigenvalue weighted by atomic mass is 9.82. The van der Waals surface area contributed by atoms with E-state index in [1.807, 2.05) is 24.3 Å². The van der Waals surface area contributed by atoms with Crippen molar-refractivity contribution in [2.75, 3.05) is 0 Å². The fourth-order valence-corrected chi connectivity index (χ4v) is 9.39. The van der Waals surface area contributed by atoms with Crippen molar-refractivity contribution in [1.82, 2.24) is 10.6 Å². The van der Waals surface area contributed by atoms with Crippen molar-refractivity contribution in [3.63, 3.8) is 0 Å². The van der Waals surface area contributed by atoms with Gasteiger partial charge in [-0.1, -0.05) is 190 Å². The molecule has 2 aliphatic heterocycles. The molecule has 11 rings (SSSR count). The minimum absolute atomic E-state index is 0.106. The molecule has 2 heterocycles. The van der Waals surface area contributed by atoms with Crippen LogP contribution in [-0.2, 0) is 5.41 Å². The third-order valence-corrected chi connectivity index (χ3v) is 12.4. The second-order valence-corrected chi connectivity index (χ2v) is 16.3. The van der Waals surface area contributed by atoms with Crippen molar-refractivity contribution in [3.8, 4) is 33.4 Å². The Balaban J connectivity index is 1.08. The summed E-state index contributed by atoms with van der Waals surface area (Å²) in [6, 6.07) is 61.3. The van der Waals surface area contributed by atoms with E-state index in [4.69, 9.17) is 9.98 Å². The van der Waals surface area contributed by atoms with Crippen LogP contribution in [0.1, 0.15) is 53.4 Å². The van der Waals surface area contributed by atoms with Crippen molar-refractivity contribution in [3.05, 3.63) is 238 Å². The van der Waals surface area contributed by atoms with Crippen LogP contribution in [0.3, 0.4) is 0 Å². The first-order valence-corrected chi connectivity index (χ1v) is 20.5. The van der Waals surface area contributed by atoms with E-state index in [1.54, 1.807) is 0 Å². The summed E-state index contributed by atoms with van der Waals surface area (Å²) in [6.45, 7) is 4.69. The van der Waals surface area contributed by atoms with Gasteiger partial charge in [0.05, 0.1) is 11.7 Å². The van der Waals surface area contributed by atoms with Gasteiger partial charge in [-0.3, -0.25) is 0 Å². The molecule has 7 aromatic carbocycles. The molecule has 282 valence electrons. The lowest BCUT2D eigenvalue weighted by Gasteiger charge is -2.27. The number of hydrogen-bond donors (Lipinski definition) is 2. The maximum atomic E-state index is 5.32. The Hall–Kier alpha value is -7.30. The number of hydrogen-bond acceptors (Lipinski definition) is 4. The number of aliphatic imine (C=N–C) groups is 2. The van der Waals surface area contributed by atoms with E-state index >= 15 is 0 Å². The molecule has 0 fully saturated rings. The molecule has 4 heteroatoms. The minimum Gasteiger partial charge on any atom is -0.374 e. The summed E-state index contributed by atoms with van der Waals surface area (Å²) in [5, 5.41) is 10.1. The van der Waals surface area contributed by atoms with Gasteiger partial charge in [0.25, 0.3) is 0 Å². The molecule has 7 aromatic rings. The van der Waals surface area contributed by atoms with Crippen LogP contribution in [0, 0.1) is 0 Å². The van der Waals surface area contributed by atoms with Crippen LogP contribution >= 0.6 is 0 Å². The topological polar surface area (TPSA) is 48.8 Å². The highest BCUT2D eigenvalue weighted by molar-refractivity contribution is 6.13. The van der Waals surface area contributed by atoms with Crippen molar-refractivity contribution in [1.29, 1.82) is 0 Å². The minimum atomic E-state index is -0.377. The first-order chi connectivity index (χ1) is 29.0. The Labute approximate surface area is 345 Å². The van der Waals surface area contributed by atoms with Gasteiger partial charge in [-0.2, -0.15) is 0 Å². The molecule has 0 amide bonds. The van der Waals surface area contributed by atoms with E-state index in [0.717, 1.165) is 50.5 Å². The van der Waals surface area contributed by atoms with E-state index in [-0.39, 0.29) is 17.6 Å². The lowest BCUT2D eigenvalue weighted by Crippen LogP contribution is -2.45. The SMILES string of the molecule is CC1(C)c2ccccc2-c2c(-c3cc(-c4ccc(C5=c6ccccc6=C6C=CC=CC6N5)cc4)cc(C4N=C(c5ccccc5)N=C(c5ccccc5)N4)c3)cccc21. The van der Waals surface area contributed by atoms with Gasteiger partial charge in [-0.25, -0.2) is 9.98 Å². The molecule has 0 bridgehead atoms. The zero-order valence-corrected chi connectivity index (χ0v) is 33.0. The van der Waals surface area contributed by atoms with Gasteiger partial charge in [0.2, 0.25) is 0 Å². The zero-order chi connectivity index (χ0) is 39.5. The molecule has 2 unspecified atom stereocenters. The Morgan fingerprint density at radius 1 is 0.508 bits per heavy atom. The number of nitrogens with one attached hydrogen (secondary N) is 2. The van der Waals surface area contributed by atoms with Crippen LogP contribution in [0.5, 0.6) is 0 Å². The second kappa shape index (κ2) is 14.0. The summed E-state index contributed by atoms with van der Waals surface area (Å²) in [7, 11) is 0. The van der Waals surface area contributed by atoms with Crippen molar-refractivity contribution in [2.24, 2.45) is 9.98 Å². The van der Waals surface area contributed by atoms with Gasteiger partial charge in [0.1, 0.15) is 12.0 Å². The standard InChI is InChI=1S/C55H42N4/c1-55(2)47-25-13-11-23-46(47)50-42(24-15-26-48(50)55)40-32-39(35-28-30-36(31-29-35)51-45-22-10-9-20-43(45)44-21-12-14-27-49(44)56-51)33-41(34-40)54-58-52(37-16-5-3-6-17-37)57-53(59-54)38-18-7-4-8-19-38/h3-34,49,54,56H,1-2H3,(H,57,58,59). The van der Waals surface area contributed by atoms with Crippen LogP contribution in [0.2, 0.25) is 0 Å². The highest BCUT2D eigenvalue weighted by atomic mass is 15.2. The molecule has 2 atom stereocenters. The Bertz CT molecular complexity index is 3060. The number of fused-ring (bicyclic) bond motifs is 5. The highest BCUT2D eigenvalue weighted by Gasteiger charge is 2.36. The number of nitrogens with zero attached hydrogens (tertiary/aromatic N) is 2. The van der Waals surface area contributed by atoms with Crippen LogP contribution in [-0.4, -0.2) is 17.7 Å². The summed E-state index contributed by atoms with van der Waals surface area (Å²) in [4.78, 5) is 10.4. The number of allylic oxidation sites excluding steroid dienone is 2. The van der Waals surface area contributed by atoms with E-state index in [9.17, 15) is 0 Å². The summed E-state index contributed by atoms with van der Waals surface area (Å²) >= 11 is 0. The highest BCUT2D eigenvalue weighted by Crippen LogP contribution is 2.52. The number of rotatable bonds is 6. The third-order valence-electron chi connectivity index (χ3n) is 12.4. The number of benzene rings is 7. The zero-order valence-electron chi connectivity index (χ0n) is 33.0. The summed E-state index contributed by atoms with van der Waals surface area (Å²) in [5.74, 6) is 1.51. The largest absolute Gasteiger partial charge is 0.374 e. The fourth-order valence-electron chi connectivity index (χ4n) is 9.39. The maximum Gasteiger partial charge on any atom is 0.159 e. The summed E-state index contributed by atoms with van der Waals surface area (Å²) in [5.41, 5.74) is 16.6. The van der Waals surface area contributed by atoms with Crippen LogP contribution in [0.25, 0.3) is 44.7 Å². The predicted molar refractivity (Wildman–Crippen MR) is 244 cm³/mol. The summed E-state index contributed by atoms with van der Waals surface area (Å²) < 4.78 is 0. The second-order valence-electron chi connectivity index (χ2n) is 16.3. The first kappa shape index (κ1) is 34.9. The first-order valence-electron chi connectivity index (χ1n) is 20.5. The third kappa shape index (κ3) is 5.99. The van der Waals surface area contributed by atoms with E-state index in [2.05, 4.69) is 194 Å². The molecule has 4 aliphatic rings. The van der Waals surface area contributed by atoms with E-state index in [0.29, 0.717) is 5.84 Å². The van der Waals surface area contributed by atoms with Crippen molar-refractivity contribution in [2.45, 2.75) is 31.5 Å². The fraction of sp³-hybridized carbons (Fsp3) is 0.0909. The molecule has 2 aliphatic carbocycles. The normalized spacial score (nSPS) is 18.1. The van der Waals surface area contributed by atoms with Gasteiger partial charge in [0, 0.05) is 21.8 Å². The molecule has 59 heavy (non-hydrogen) atoms. The summed E-state index contributed by atoms with van der Waals surface area (Å²) in [6.07, 6.45) is 8.35. The Morgan fingerprint density at radius 2 is 1.17 bits per heavy atom. The van der Waals surface area contributed by atoms with Gasteiger partial charge >= 0.3 is 0 Å². The average Bonchev–Trinajstić information content (AvgIpc) is 3.55. The van der Waals surface area contributed by atoms with Crippen LogP contribution < -0.4 is 21.1 Å². The molecule has 0 spiro atoms. The molecule has 2 N–H and O–H groups in total. The molecule has 0 saturated carbocycles. The van der Waals surface area contributed by atoms with Crippen LogP contribution in [0.15, 0.2) is 204 Å². The van der Waals surface area contributed by atoms with Gasteiger partial charge < -0.3 is 10.6 Å².